The van der Waals surface area contributed by atoms with E-state index in [0.717, 1.165) is 11.1 Å². The molecule has 0 bridgehead atoms. The predicted molar refractivity (Wildman–Crippen MR) is 89.9 cm³/mol. The molecule has 1 aliphatic rings. The lowest BCUT2D eigenvalue weighted by molar-refractivity contribution is -0.143. The van der Waals surface area contributed by atoms with E-state index in [-0.39, 0.29) is 23.0 Å². The number of carbonyl (C=O) groups is 1. The Morgan fingerprint density at radius 1 is 0.800 bits per heavy atom. The van der Waals surface area contributed by atoms with Gasteiger partial charge in [-0.05, 0) is 61.1 Å². The molecule has 5 N–H and O–H groups in total. The number of phenolic OH excluding ortho intramolecular Hbond substituents is 4. The normalized spacial score (nSPS) is 17.3. The van der Waals surface area contributed by atoms with Gasteiger partial charge in [0.2, 0.25) is 0 Å². The molecule has 0 atom stereocenters. The van der Waals surface area contributed by atoms with Crippen molar-refractivity contribution in [2.24, 2.45) is 5.92 Å². The average Bonchev–Trinajstić information content (AvgIpc) is 2.59. The van der Waals surface area contributed by atoms with Crippen LogP contribution < -0.4 is 0 Å². The molecule has 2 aromatic carbocycles. The van der Waals surface area contributed by atoms with Crippen molar-refractivity contribution < 1.29 is 30.3 Å². The van der Waals surface area contributed by atoms with E-state index in [1.807, 2.05) is 0 Å². The maximum Gasteiger partial charge on any atom is 0.306 e. The van der Waals surface area contributed by atoms with Gasteiger partial charge in [-0.2, -0.15) is 0 Å². The van der Waals surface area contributed by atoms with Crippen LogP contribution in [-0.2, 0) is 10.2 Å². The third-order valence-corrected chi connectivity index (χ3v) is 5.24. The fraction of sp³-hybridized carbons (Fsp3) is 0.316. The zero-order valence-electron chi connectivity index (χ0n) is 13.5. The Labute approximate surface area is 144 Å². The Kier molecular flexibility index (Phi) is 4.20. The zero-order chi connectivity index (χ0) is 18.2. The average molecular weight is 344 g/mol. The largest absolute Gasteiger partial charge is 0.504 e. The van der Waals surface area contributed by atoms with E-state index in [1.165, 1.54) is 24.3 Å². The van der Waals surface area contributed by atoms with Crippen LogP contribution >= 0.6 is 0 Å². The molecule has 0 unspecified atom stereocenters. The molecule has 0 heterocycles. The summed E-state index contributed by atoms with van der Waals surface area (Å²) in [6.07, 6.45) is 1.94. The van der Waals surface area contributed by atoms with Crippen LogP contribution in [0.15, 0.2) is 36.4 Å². The number of carboxylic acid groups (broad SMARTS) is 1. The van der Waals surface area contributed by atoms with E-state index in [1.54, 1.807) is 12.1 Å². The first-order chi connectivity index (χ1) is 11.8. The van der Waals surface area contributed by atoms with Crippen molar-refractivity contribution in [1.29, 1.82) is 0 Å². The smallest absolute Gasteiger partial charge is 0.306 e. The monoisotopic (exact) mass is 344 g/mol. The molecule has 0 aliphatic heterocycles. The lowest BCUT2D eigenvalue weighted by Gasteiger charge is -2.40. The molecular formula is C19H20O6. The van der Waals surface area contributed by atoms with Crippen LogP contribution in [0.2, 0.25) is 0 Å². The number of hydrogen-bond donors (Lipinski definition) is 5. The van der Waals surface area contributed by atoms with E-state index in [4.69, 9.17) is 0 Å². The summed E-state index contributed by atoms with van der Waals surface area (Å²) in [5, 5.41) is 48.2. The minimum atomic E-state index is -0.823. The minimum Gasteiger partial charge on any atom is -0.504 e. The number of aliphatic carboxylic acids is 1. The Morgan fingerprint density at radius 2 is 1.24 bits per heavy atom. The van der Waals surface area contributed by atoms with Crippen LogP contribution in [0.4, 0.5) is 0 Å². The highest BCUT2D eigenvalue weighted by Gasteiger charge is 2.40. The quantitative estimate of drug-likeness (QED) is 0.546. The number of rotatable bonds is 3. The van der Waals surface area contributed by atoms with Gasteiger partial charge in [0.05, 0.1) is 5.92 Å². The van der Waals surface area contributed by atoms with Gasteiger partial charge in [0.1, 0.15) is 0 Å². The molecule has 0 spiro atoms. The van der Waals surface area contributed by atoms with Gasteiger partial charge >= 0.3 is 5.97 Å². The van der Waals surface area contributed by atoms with E-state index in [9.17, 15) is 30.3 Å². The topological polar surface area (TPSA) is 118 Å². The molecule has 0 amide bonds. The van der Waals surface area contributed by atoms with Crippen molar-refractivity contribution in [2.75, 3.05) is 0 Å². The summed E-state index contributed by atoms with van der Waals surface area (Å²) in [4.78, 5) is 11.3. The number of carboxylic acids is 1. The Hall–Kier alpha value is -2.89. The van der Waals surface area contributed by atoms with Crippen molar-refractivity contribution >= 4 is 5.97 Å². The first-order valence-corrected chi connectivity index (χ1v) is 8.11. The molecule has 132 valence electrons. The molecule has 1 saturated carbocycles. The van der Waals surface area contributed by atoms with Gasteiger partial charge in [-0.1, -0.05) is 12.1 Å². The fourth-order valence-electron chi connectivity index (χ4n) is 3.74. The van der Waals surface area contributed by atoms with Crippen molar-refractivity contribution in [3.8, 4) is 23.0 Å². The van der Waals surface area contributed by atoms with E-state index in [2.05, 4.69) is 0 Å². The highest BCUT2D eigenvalue weighted by atomic mass is 16.4. The second-order valence-electron chi connectivity index (χ2n) is 6.60. The van der Waals surface area contributed by atoms with Crippen LogP contribution in [0.5, 0.6) is 23.0 Å². The molecule has 6 heteroatoms. The van der Waals surface area contributed by atoms with Crippen LogP contribution in [-0.4, -0.2) is 31.5 Å². The van der Waals surface area contributed by atoms with Crippen LogP contribution in [0.25, 0.3) is 0 Å². The maximum absolute atomic E-state index is 11.3. The van der Waals surface area contributed by atoms with Gasteiger partial charge < -0.3 is 25.5 Å². The Morgan fingerprint density at radius 3 is 1.60 bits per heavy atom. The summed E-state index contributed by atoms with van der Waals surface area (Å²) in [5.74, 6) is -2.21. The van der Waals surface area contributed by atoms with Crippen molar-refractivity contribution in [2.45, 2.75) is 31.1 Å². The number of phenols is 4. The zero-order valence-corrected chi connectivity index (χ0v) is 13.5. The number of hydrogen-bond acceptors (Lipinski definition) is 5. The number of benzene rings is 2. The van der Waals surface area contributed by atoms with Gasteiger partial charge in [0, 0.05) is 5.41 Å². The molecule has 3 rings (SSSR count). The van der Waals surface area contributed by atoms with Gasteiger partial charge in [-0.25, -0.2) is 0 Å². The molecule has 1 fully saturated rings. The maximum atomic E-state index is 11.3. The van der Waals surface area contributed by atoms with Gasteiger partial charge in [0.15, 0.2) is 23.0 Å². The predicted octanol–water partition coefficient (Wildman–Crippen LogP) is 3.07. The standard InChI is InChI=1S/C19H20O6/c20-14-3-1-12(9-16(14)22)19(7-5-11(6-8-19)18(24)25)13-2-4-15(21)17(23)10-13/h1-4,9-11,20-23H,5-8H2,(H,24,25). The second kappa shape index (κ2) is 6.20. The summed E-state index contributed by atoms with van der Waals surface area (Å²) in [7, 11) is 0. The Balaban J connectivity index is 2.10. The summed E-state index contributed by atoms with van der Waals surface area (Å²) >= 11 is 0. The molecule has 0 saturated heterocycles. The fourth-order valence-corrected chi connectivity index (χ4v) is 3.74. The number of aromatic hydroxyl groups is 4. The molecule has 1 aliphatic carbocycles. The van der Waals surface area contributed by atoms with E-state index < -0.39 is 17.3 Å². The first-order valence-electron chi connectivity index (χ1n) is 8.11. The summed E-state index contributed by atoms with van der Waals surface area (Å²) in [5.41, 5.74) is 0.857. The highest BCUT2D eigenvalue weighted by Crippen LogP contribution is 2.49. The molecule has 25 heavy (non-hydrogen) atoms. The van der Waals surface area contributed by atoms with E-state index >= 15 is 0 Å². The summed E-state index contributed by atoms with van der Waals surface area (Å²) < 4.78 is 0. The van der Waals surface area contributed by atoms with Crippen LogP contribution in [0.1, 0.15) is 36.8 Å². The lowest BCUT2D eigenvalue weighted by atomic mass is 9.63. The molecule has 2 aromatic rings. The van der Waals surface area contributed by atoms with E-state index in [0.29, 0.717) is 25.7 Å². The highest BCUT2D eigenvalue weighted by molar-refractivity contribution is 5.70. The SMILES string of the molecule is O=C(O)C1CCC(c2ccc(O)c(O)c2)(c2ccc(O)c(O)c2)CC1. The van der Waals surface area contributed by atoms with Crippen molar-refractivity contribution in [3.63, 3.8) is 0 Å². The third-order valence-electron chi connectivity index (χ3n) is 5.24. The van der Waals surface area contributed by atoms with Crippen LogP contribution in [0.3, 0.4) is 0 Å². The lowest BCUT2D eigenvalue weighted by Crippen LogP contribution is -2.35. The second-order valence-corrected chi connectivity index (χ2v) is 6.60. The summed E-state index contributed by atoms with van der Waals surface area (Å²) in [6, 6.07) is 9.13. The molecular weight excluding hydrogens is 324 g/mol. The minimum absolute atomic E-state index is 0.230. The summed E-state index contributed by atoms with van der Waals surface area (Å²) in [6.45, 7) is 0. The molecule has 0 aromatic heterocycles. The van der Waals surface area contributed by atoms with Gasteiger partial charge in [-0.3, -0.25) is 4.79 Å². The van der Waals surface area contributed by atoms with Gasteiger partial charge in [0.25, 0.3) is 0 Å². The third kappa shape index (κ3) is 2.95. The molecule has 6 nitrogen and oxygen atoms in total. The van der Waals surface area contributed by atoms with Crippen molar-refractivity contribution in [1.82, 2.24) is 0 Å². The molecule has 0 radical (unpaired) electrons. The van der Waals surface area contributed by atoms with Gasteiger partial charge in [-0.15, -0.1) is 0 Å². The van der Waals surface area contributed by atoms with Crippen molar-refractivity contribution in [3.05, 3.63) is 47.5 Å². The Bertz CT molecular complexity index is 752. The van der Waals surface area contributed by atoms with Crippen LogP contribution in [0, 0.1) is 5.92 Å². The first kappa shape index (κ1) is 17.0.